The van der Waals surface area contributed by atoms with Crippen LogP contribution in [0.2, 0.25) is 0 Å². The number of nitrogens with one attached hydrogen (secondary N) is 2. The molecule has 0 spiro atoms. The molecule has 0 saturated heterocycles. The van der Waals surface area contributed by atoms with E-state index in [-0.39, 0.29) is 5.91 Å². The monoisotopic (exact) mass is 367 g/mol. The number of fused-ring (bicyclic) bond motifs is 1. The second-order valence-corrected chi connectivity index (χ2v) is 6.85. The summed E-state index contributed by atoms with van der Waals surface area (Å²) in [5.41, 5.74) is 7.17. The Morgan fingerprint density at radius 3 is 2.43 bits per heavy atom. The molecular weight excluding hydrogens is 346 g/mol. The second-order valence-electron chi connectivity index (χ2n) is 6.85. The van der Waals surface area contributed by atoms with E-state index < -0.39 is 0 Å². The maximum absolute atomic E-state index is 12.1. The number of H-pyrrole nitrogens is 1. The van der Waals surface area contributed by atoms with Crippen LogP contribution in [0.4, 0.5) is 5.69 Å². The highest BCUT2D eigenvalue weighted by Crippen LogP contribution is 2.24. The number of carbonyl (C=O) groups excluding carboxylic acids is 1. The van der Waals surface area contributed by atoms with Crippen molar-refractivity contribution in [2.45, 2.75) is 13.8 Å². The molecule has 1 amide bonds. The van der Waals surface area contributed by atoms with Crippen LogP contribution >= 0.6 is 0 Å². The van der Waals surface area contributed by atoms with Crippen molar-refractivity contribution in [3.63, 3.8) is 0 Å². The Labute approximate surface area is 164 Å². The first kappa shape index (κ1) is 17.7. The molecule has 1 heterocycles. The molecule has 4 aromatic rings. The molecule has 0 radical (unpaired) electrons. The van der Waals surface area contributed by atoms with Crippen molar-refractivity contribution in [3.8, 4) is 11.4 Å². The van der Waals surface area contributed by atoms with E-state index in [1.54, 1.807) is 6.08 Å². The third-order valence-corrected chi connectivity index (χ3v) is 4.75. The van der Waals surface area contributed by atoms with Crippen molar-refractivity contribution in [2.24, 2.45) is 0 Å². The van der Waals surface area contributed by atoms with Gasteiger partial charge in [-0.3, -0.25) is 4.79 Å². The molecule has 0 aliphatic carbocycles. The summed E-state index contributed by atoms with van der Waals surface area (Å²) in [5, 5.41) is 2.88. The number of aromatic amines is 1. The average molecular weight is 367 g/mol. The van der Waals surface area contributed by atoms with Crippen LogP contribution < -0.4 is 5.32 Å². The van der Waals surface area contributed by atoms with E-state index in [4.69, 9.17) is 0 Å². The standard InChI is InChI=1S/C24H21N3O/c1-16-14-21-22(15-17(16)2)27-24(26-21)19-9-11-20(12-10-19)25-23(28)13-8-18-6-4-3-5-7-18/h3-15H,1-2H3,(H,25,28)(H,26,27)/b13-8+. The number of rotatable bonds is 4. The van der Waals surface area contributed by atoms with Crippen LogP contribution in [-0.2, 0) is 4.79 Å². The van der Waals surface area contributed by atoms with Gasteiger partial charge in [0, 0.05) is 17.3 Å². The maximum Gasteiger partial charge on any atom is 0.248 e. The summed E-state index contributed by atoms with van der Waals surface area (Å²) in [6.07, 6.45) is 3.33. The van der Waals surface area contributed by atoms with Crippen LogP contribution in [0.1, 0.15) is 16.7 Å². The lowest BCUT2D eigenvalue weighted by Crippen LogP contribution is -2.07. The number of carbonyl (C=O) groups is 1. The predicted octanol–water partition coefficient (Wildman–Crippen LogP) is 5.50. The molecule has 2 N–H and O–H groups in total. The molecule has 0 aliphatic heterocycles. The number of benzene rings is 3. The molecule has 138 valence electrons. The van der Waals surface area contributed by atoms with Gasteiger partial charge in [0.1, 0.15) is 5.82 Å². The molecule has 0 atom stereocenters. The molecule has 28 heavy (non-hydrogen) atoms. The Balaban J connectivity index is 1.48. The number of amides is 1. The van der Waals surface area contributed by atoms with Gasteiger partial charge < -0.3 is 10.3 Å². The first-order valence-electron chi connectivity index (χ1n) is 9.20. The SMILES string of the molecule is Cc1cc2nc(-c3ccc(NC(=O)/C=C/c4ccccc4)cc3)[nH]c2cc1C. The quantitative estimate of drug-likeness (QED) is 0.468. The third kappa shape index (κ3) is 3.86. The molecular formula is C24H21N3O. The summed E-state index contributed by atoms with van der Waals surface area (Å²) in [7, 11) is 0. The van der Waals surface area contributed by atoms with Gasteiger partial charge in [-0.25, -0.2) is 4.98 Å². The largest absolute Gasteiger partial charge is 0.338 e. The van der Waals surface area contributed by atoms with Crippen LogP contribution in [0.15, 0.2) is 72.8 Å². The van der Waals surface area contributed by atoms with Gasteiger partial charge in [0.2, 0.25) is 5.91 Å². The lowest BCUT2D eigenvalue weighted by Gasteiger charge is -2.03. The first-order chi connectivity index (χ1) is 13.6. The van der Waals surface area contributed by atoms with Gasteiger partial charge in [-0.1, -0.05) is 30.3 Å². The number of hydrogen-bond acceptors (Lipinski definition) is 2. The molecule has 0 bridgehead atoms. The van der Waals surface area contributed by atoms with Crippen LogP contribution in [-0.4, -0.2) is 15.9 Å². The molecule has 0 aliphatic rings. The first-order valence-corrected chi connectivity index (χ1v) is 9.20. The number of imidazole rings is 1. The number of anilines is 1. The summed E-state index contributed by atoms with van der Waals surface area (Å²) in [5.74, 6) is 0.660. The van der Waals surface area contributed by atoms with Crippen LogP contribution in [0, 0.1) is 13.8 Å². The zero-order chi connectivity index (χ0) is 19.5. The topological polar surface area (TPSA) is 57.8 Å². The van der Waals surface area contributed by atoms with Crippen LogP contribution in [0.5, 0.6) is 0 Å². The van der Waals surface area contributed by atoms with Crippen molar-refractivity contribution in [1.82, 2.24) is 9.97 Å². The summed E-state index contributed by atoms with van der Waals surface area (Å²) < 4.78 is 0. The van der Waals surface area contributed by atoms with E-state index in [0.717, 1.165) is 33.7 Å². The van der Waals surface area contributed by atoms with Crippen molar-refractivity contribution in [3.05, 3.63) is 89.5 Å². The molecule has 3 aromatic carbocycles. The minimum atomic E-state index is -0.161. The number of nitrogens with zero attached hydrogens (tertiary/aromatic N) is 1. The molecule has 4 rings (SSSR count). The zero-order valence-electron chi connectivity index (χ0n) is 15.9. The van der Waals surface area contributed by atoms with Crippen molar-refractivity contribution in [2.75, 3.05) is 5.32 Å². The normalized spacial score (nSPS) is 11.2. The Kier molecular flexibility index (Phi) is 4.77. The van der Waals surface area contributed by atoms with Gasteiger partial charge in [0.25, 0.3) is 0 Å². The lowest BCUT2D eigenvalue weighted by molar-refractivity contribution is -0.111. The Morgan fingerprint density at radius 2 is 1.68 bits per heavy atom. The van der Waals surface area contributed by atoms with Crippen molar-refractivity contribution >= 4 is 28.7 Å². The smallest absolute Gasteiger partial charge is 0.248 e. The third-order valence-electron chi connectivity index (χ3n) is 4.75. The lowest BCUT2D eigenvalue weighted by atomic mass is 10.1. The van der Waals surface area contributed by atoms with Crippen molar-refractivity contribution < 1.29 is 4.79 Å². The van der Waals surface area contributed by atoms with E-state index in [1.807, 2.05) is 54.6 Å². The van der Waals surface area contributed by atoms with E-state index in [1.165, 1.54) is 17.2 Å². The Hall–Kier alpha value is -3.66. The molecule has 0 saturated carbocycles. The Bertz CT molecular complexity index is 1120. The summed E-state index contributed by atoms with van der Waals surface area (Å²) in [6, 6.07) is 21.6. The number of aryl methyl sites for hydroxylation is 2. The van der Waals surface area contributed by atoms with Gasteiger partial charge >= 0.3 is 0 Å². The van der Waals surface area contributed by atoms with Gasteiger partial charge in [-0.2, -0.15) is 0 Å². The van der Waals surface area contributed by atoms with Gasteiger partial charge in [-0.15, -0.1) is 0 Å². The molecule has 1 aromatic heterocycles. The maximum atomic E-state index is 12.1. The average Bonchev–Trinajstić information content (AvgIpc) is 3.11. The van der Waals surface area contributed by atoms with Gasteiger partial charge in [-0.05, 0) is 73.0 Å². The highest BCUT2D eigenvalue weighted by molar-refractivity contribution is 6.02. The highest BCUT2D eigenvalue weighted by atomic mass is 16.1. The fraction of sp³-hybridized carbons (Fsp3) is 0.0833. The highest BCUT2D eigenvalue weighted by Gasteiger charge is 2.07. The minimum absolute atomic E-state index is 0.161. The zero-order valence-corrected chi connectivity index (χ0v) is 15.9. The Morgan fingerprint density at radius 1 is 0.964 bits per heavy atom. The summed E-state index contributed by atoms with van der Waals surface area (Å²) in [4.78, 5) is 20.2. The molecule has 0 unspecified atom stereocenters. The van der Waals surface area contributed by atoms with Gasteiger partial charge in [0.05, 0.1) is 11.0 Å². The fourth-order valence-corrected chi connectivity index (χ4v) is 3.04. The molecule has 4 heteroatoms. The number of aromatic nitrogens is 2. The van der Waals surface area contributed by atoms with Gasteiger partial charge in [0.15, 0.2) is 0 Å². The minimum Gasteiger partial charge on any atom is -0.338 e. The predicted molar refractivity (Wildman–Crippen MR) is 115 cm³/mol. The second kappa shape index (κ2) is 7.53. The van der Waals surface area contributed by atoms with Crippen LogP contribution in [0.3, 0.4) is 0 Å². The number of hydrogen-bond donors (Lipinski definition) is 2. The molecule has 0 fully saturated rings. The fourth-order valence-electron chi connectivity index (χ4n) is 3.04. The summed E-state index contributed by atoms with van der Waals surface area (Å²) >= 11 is 0. The van der Waals surface area contributed by atoms with Crippen molar-refractivity contribution in [1.29, 1.82) is 0 Å². The van der Waals surface area contributed by atoms with Crippen LogP contribution in [0.25, 0.3) is 28.5 Å². The van der Waals surface area contributed by atoms with E-state index in [9.17, 15) is 4.79 Å². The van der Waals surface area contributed by atoms with E-state index in [2.05, 4.69) is 41.3 Å². The van der Waals surface area contributed by atoms with E-state index >= 15 is 0 Å². The molecule has 4 nitrogen and oxygen atoms in total. The summed E-state index contributed by atoms with van der Waals surface area (Å²) in [6.45, 7) is 4.19. The van der Waals surface area contributed by atoms with E-state index in [0.29, 0.717) is 0 Å².